The van der Waals surface area contributed by atoms with Crippen LogP contribution in [0, 0.1) is 6.92 Å². The van der Waals surface area contributed by atoms with Gasteiger partial charge >= 0.3 is 0 Å². The van der Waals surface area contributed by atoms with Gasteiger partial charge in [-0.3, -0.25) is 0 Å². The van der Waals surface area contributed by atoms with Crippen LogP contribution in [-0.4, -0.2) is 40.3 Å². The maximum Gasteiger partial charge on any atom is 0.243 e. The highest BCUT2D eigenvalue weighted by Crippen LogP contribution is 2.31. The molecule has 9 heteroatoms. The molecule has 0 aliphatic carbocycles. The van der Waals surface area contributed by atoms with Gasteiger partial charge in [0.15, 0.2) is 5.16 Å². The lowest BCUT2D eigenvalue weighted by molar-refractivity contribution is 0.445. The summed E-state index contributed by atoms with van der Waals surface area (Å²) in [6, 6.07) is 15.0. The molecule has 0 atom stereocenters. The van der Waals surface area contributed by atoms with Crippen LogP contribution >= 0.6 is 11.8 Å². The van der Waals surface area contributed by atoms with E-state index in [1.54, 1.807) is 23.9 Å². The van der Waals surface area contributed by atoms with E-state index in [0.717, 1.165) is 34.2 Å². The minimum atomic E-state index is -3.53. The van der Waals surface area contributed by atoms with Gasteiger partial charge in [0.2, 0.25) is 15.9 Å². The van der Waals surface area contributed by atoms with E-state index in [4.69, 9.17) is 9.40 Å². The molecule has 2 heterocycles. The van der Waals surface area contributed by atoms with Crippen molar-refractivity contribution in [2.24, 2.45) is 0 Å². The quantitative estimate of drug-likeness (QED) is 0.298. The number of hydrogen-bond donors (Lipinski definition) is 0. The van der Waals surface area contributed by atoms with Gasteiger partial charge < -0.3 is 8.98 Å². The van der Waals surface area contributed by atoms with Crippen molar-refractivity contribution in [1.29, 1.82) is 0 Å². The standard InChI is InChI=1S/C24H28N4O3S2/c1-5-27(6-2)33(29,30)19-13-14-22-20(15-19)26-24(28(22)7-3)32-16-21-17(4)31-23(25-21)18-11-9-8-10-12-18/h8-15H,5-7,16H2,1-4H3. The van der Waals surface area contributed by atoms with Crippen molar-refractivity contribution in [2.75, 3.05) is 13.1 Å². The van der Waals surface area contributed by atoms with Crippen molar-refractivity contribution < 1.29 is 12.8 Å². The zero-order valence-electron chi connectivity index (χ0n) is 19.3. The molecule has 0 radical (unpaired) electrons. The summed E-state index contributed by atoms with van der Waals surface area (Å²) in [6.45, 7) is 9.26. The molecular formula is C24H28N4O3S2. The van der Waals surface area contributed by atoms with Crippen molar-refractivity contribution >= 4 is 32.8 Å². The fourth-order valence-electron chi connectivity index (χ4n) is 3.78. The molecule has 0 aliphatic heterocycles. The predicted octanol–water partition coefficient (Wildman–Crippen LogP) is 5.34. The van der Waals surface area contributed by atoms with Crippen LogP contribution in [0.5, 0.6) is 0 Å². The minimum absolute atomic E-state index is 0.274. The van der Waals surface area contributed by atoms with Crippen LogP contribution < -0.4 is 0 Å². The summed E-state index contributed by atoms with van der Waals surface area (Å²) in [6.07, 6.45) is 0. The van der Waals surface area contributed by atoms with E-state index in [1.165, 1.54) is 4.31 Å². The Hall–Kier alpha value is -2.62. The average molecular weight is 485 g/mol. The highest BCUT2D eigenvalue weighted by atomic mass is 32.2. The smallest absolute Gasteiger partial charge is 0.243 e. The Kier molecular flexibility index (Phi) is 6.92. The summed E-state index contributed by atoms with van der Waals surface area (Å²) < 4.78 is 35.3. The molecule has 0 saturated heterocycles. The number of sulfonamides is 1. The van der Waals surface area contributed by atoms with Crippen LogP contribution in [0.2, 0.25) is 0 Å². The van der Waals surface area contributed by atoms with Gasteiger partial charge in [0, 0.05) is 31.0 Å². The second-order valence-corrected chi connectivity index (χ2v) is 10.4. The summed E-state index contributed by atoms with van der Waals surface area (Å²) in [7, 11) is -3.53. The van der Waals surface area contributed by atoms with Crippen LogP contribution in [0.3, 0.4) is 0 Å². The van der Waals surface area contributed by atoms with Crippen LogP contribution in [0.1, 0.15) is 32.2 Å². The van der Waals surface area contributed by atoms with Crippen molar-refractivity contribution in [1.82, 2.24) is 18.8 Å². The number of thioether (sulfide) groups is 1. The first-order valence-electron chi connectivity index (χ1n) is 11.0. The zero-order valence-corrected chi connectivity index (χ0v) is 20.9. The highest BCUT2D eigenvalue weighted by Gasteiger charge is 2.23. The van der Waals surface area contributed by atoms with Gasteiger partial charge in [-0.2, -0.15) is 4.31 Å². The molecule has 4 aromatic rings. The summed E-state index contributed by atoms with van der Waals surface area (Å²) in [5.74, 6) is 2.00. The molecule has 0 N–H and O–H groups in total. The van der Waals surface area contributed by atoms with E-state index in [-0.39, 0.29) is 4.90 Å². The highest BCUT2D eigenvalue weighted by molar-refractivity contribution is 7.98. The molecule has 2 aromatic heterocycles. The number of hydrogen-bond acceptors (Lipinski definition) is 6. The molecule has 0 spiro atoms. The molecule has 0 fully saturated rings. The first-order valence-corrected chi connectivity index (χ1v) is 13.5. The molecule has 33 heavy (non-hydrogen) atoms. The number of benzene rings is 2. The number of aryl methyl sites for hydroxylation is 2. The number of fused-ring (bicyclic) bond motifs is 1. The third-order valence-corrected chi connectivity index (χ3v) is 8.63. The Morgan fingerprint density at radius 2 is 1.76 bits per heavy atom. The lowest BCUT2D eigenvalue weighted by Crippen LogP contribution is -2.30. The first kappa shape index (κ1) is 23.5. The topological polar surface area (TPSA) is 81.2 Å². The van der Waals surface area contributed by atoms with Crippen molar-refractivity contribution in [3.05, 3.63) is 60.0 Å². The predicted molar refractivity (Wildman–Crippen MR) is 132 cm³/mol. The van der Waals surface area contributed by atoms with E-state index in [1.807, 2.05) is 57.2 Å². The van der Waals surface area contributed by atoms with Crippen molar-refractivity contribution in [2.45, 2.75) is 50.0 Å². The Balaban J connectivity index is 1.62. The Morgan fingerprint density at radius 1 is 1.03 bits per heavy atom. The van der Waals surface area contributed by atoms with E-state index >= 15 is 0 Å². The Morgan fingerprint density at radius 3 is 2.42 bits per heavy atom. The molecule has 174 valence electrons. The third-order valence-electron chi connectivity index (χ3n) is 5.60. The van der Waals surface area contributed by atoms with E-state index in [0.29, 0.717) is 30.2 Å². The molecule has 0 saturated carbocycles. The van der Waals surface area contributed by atoms with Crippen LogP contribution in [0.25, 0.3) is 22.5 Å². The molecule has 4 rings (SSSR count). The number of imidazole rings is 1. The van der Waals surface area contributed by atoms with Gasteiger partial charge in [0.05, 0.1) is 21.6 Å². The fraction of sp³-hybridized carbons (Fsp3) is 0.333. The number of rotatable bonds is 9. The fourth-order valence-corrected chi connectivity index (χ4v) is 6.33. The lowest BCUT2D eigenvalue weighted by atomic mass is 10.2. The third kappa shape index (κ3) is 4.58. The van der Waals surface area contributed by atoms with Crippen molar-refractivity contribution in [3.8, 4) is 11.5 Å². The second kappa shape index (κ2) is 9.70. The maximum absolute atomic E-state index is 12.9. The van der Waals surface area contributed by atoms with Gasteiger partial charge in [0.1, 0.15) is 5.76 Å². The second-order valence-electron chi connectivity index (χ2n) is 7.56. The number of nitrogens with zero attached hydrogens (tertiary/aromatic N) is 4. The van der Waals surface area contributed by atoms with Gasteiger partial charge in [-0.15, -0.1) is 0 Å². The molecule has 0 amide bonds. The average Bonchev–Trinajstić information content (AvgIpc) is 3.37. The minimum Gasteiger partial charge on any atom is -0.441 e. The monoisotopic (exact) mass is 484 g/mol. The van der Waals surface area contributed by atoms with Gasteiger partial charge in [0.25, 0.3) is 0 Å². The maximum atomic E-state index is 12.9. The molecule has 7 nitrogen and oxygen atoms in total. The van der Waals surface area contributed by atoms with E-state index in [2.05, 4.69) is 16.5 Å². The van der Waals surface area contributed by atoms with Crippen molar-refractivity contribution in [3.63, 3.8) is 0 Å². The number of oxazole rings is 1. The Labute approximate surface area is 198 Å². The summed E-state index contributed by atoms with van der Waals surface area (Å²) >= 11 is 1.57. The normalized spacial score (nSPS) is 12.2. The van der Waals surface area contributed by atoms with Crippen LogP contribution in [0.4, 0.5) is 0 Å². The van der Waals surface area contributed by atoms with E-state index < -0.39 is 10.0 Å². The Bertz CT molecular complexity index is 1360. The zero-order chi connectivity index (χ0) is 23.6. The molecule has 0 bridgehead atoms. The molecule has 0 unspecified atom stereocenters. The SMILES string of the molecule is CCN(CC)S(=O)(=O)c1ccc2c(c1)nc(SCc1nc(-c3ccccc3)oc1C)n2CC. The molecular weight excluding hydrogens is 456 g/mol. The van der Waals surface area contributed by atoms with Gasteiger partial charge in [-0.25, -0.2) is 18.4 Å². The summed E-state index contributed by atoms with van der Waals surface area (Å²) in [4.78, 5) is 9.72. The lowest BCUT2D eigenvalue weighted by Gasteiger charge is -2.18. The van der Waals surface area contributed by atoms with Gasteiger partial charge in [-0.05, 0) is 44.2 Å². The largest absolute Gasteiger partial charge is 0.441 e. The molecule has 2 aromatic carbocycles. The van der Waals surface area contributed by atoms with E-state index in [9.17, 15) is 8.42 Å². The van der Waals surface area contributed by atoms with Crippen LogP contribution in [-0.2, 0) is 22.3 Å². The summed E-state index contributed by atoms with van der Waals surface area (Å²) in [5, 5.41) is 0.827. The van der Waals surface area contributed by atoms with Gasteiger partial charge in [-0.1, -0.05) is 43.8 Å². The van der Waals surface area contributed by atoms with Crippen LogP contribution in [0.15, 0.2) is 63.0 Å². The first-order chi connectivity index (χ1) is 15.9. The molecule has 0 aliphatic rings. The number of aromatic nitrogens is 3. The summed E-state index contributed by atoms with van der Waals surface area (Å²) in [5.41, 5.74) is 3.41.